The number of rotatable bonds is 9. The maximum atomic E-state index is 10.6. The summed E-state index contributed by atoms with van der Waals surface area (Å²) < 4.78 is 0. The predicted octanol–water partition coefficient (Wildman–Crippen LogP) is 3.12. The van der Waals surface area contributed by atoms with Crippen molar-refractivity contribution >= 4 is 11.8 Å². The Balaban J connectivity index is 2.39. The van der Waals surface area contributed by atoms with E-state index in [4.69, 9.17) is 5.11 Å². The average molecular weight is 279 g/mol. The van der Waals surface area contributed by atoms with E-state index >= 15 is 0 Å². The monoisotopic (exact) mass is 279 g/mol. The molecule has 2 N–H and O–H groups in total. The first kappa shape index (κ1) is 16.4. The van der Waals surface area contributed by atoms with Gasteiger partial charge in [-0.05, 0) is 24.7 Å². The first-order valence-corrected chi connectivity index (χ1v) is 7.19. The zero-order valence-corrected chi connectivity index (χ0v) is 12.6. The van der Waals surface area contributed by atoms with Crippen LogP contribution in [0.4, 0.5) is 5.82 Å². The third kappa shape index (κ3) is 6.50. The van der Waals surface area contributed by atoms with Gasteiger partial charge in [0.05, 0.1) is 0 Å². The first-order chi connectivity index (χ1) is 9.43. The topological polar surface area (TPSA) is 75.1 Å². The second-order valence-electron chi connectivity index (χ2n) is 5.88. The zero-order chi connectivity index (χ0) is 15.0. The Hall–Kier alpha value is -1.65. The van der Waals surface area contributed by atoms with Crippen molar-refractivity contribution in [1.29, 1.82) is 0 Å². The number of aromatic nitrogens is 2. The van der Waals surface area contributed by atoms with Crippen molar-refractivity contribution in [3.05, 3.63) is 18.1 Å². The van der Waals surface area contributed by atoms with Crippen LogP contribution in [0.1, 0.15) is 52.1 Å². The Labute approximate surface area is 120 Å². The second kappa shape index (κ2) is 7.82. The molecule has 112 valence electrons. The molecule has 0 saturated carbocycles. The molecule has 5 heteroatoms. The minimum atomic E-state index is -0.731. The molecule has 1 aromatic rings. The molecule has 0 unspecified atom stereocenters. The molecule has 0 aromatic carbocycles. The van der Waals surface area contributed by atoms with Gasteiger partial charge >= 0.3 is 5.97 Å². The maximum Gasteiger partial charge on any atom is 0.303 e. The Morgan fingerprint density at radius 1 is 1.35 bits per heavy atom. The van der Waals surface area contributed by atoms with Gasteiger partial charge in [0, 0.05) is 24.7 Å². The Morgan fingerprint density at radius 3 is 2.75 bits per heavy atom. The smallest absolute Gasteiger partial charge is 0.303 e. The van der Waals surface area contributed by atoms with Crippen molar-refractivity contribution in [3.63, 3.8) is 0 Å². The molecule has 0 aliphatic carbocycles. The minimum Gasteiger partial charge on any atom is -0.481 e. The lowest BCUT2D eigenvalue weighted by Crippen LogP contribution is -2.18. The Morgan fingerprint density at radius 2 is 2.10 bits per heavy atom. The van der Waals surface area contributed by atoms with Crippen LogP contribution in [0.25, 0.3) is 0 Å². The normalized spacial score (nSPS) is 11.3. The number of hydrogen-bond acceptors (Lipinski definition) is 4. The summed E-state index contributed by atoms with van der Waals surface area (Å²) in [4.78, 5) is 19.0. The van der Waals surface area contributed by atoms with Crippen molar-refractivity contribution < 1.29 is 9.90 Å². The van der Waals surface area contributed by atoms with Gasteiger partial charge < -0.3 is 10.4 Å². The molecule has 0 atom stereocenters. The fourth-order valence-electron chi connectivity index (χ4n) is 1.99. The number of aryl methyl sites for hydroxylation is 1. The number of nitrogens with one attached hydrogen (secondary N) is 1. The van der Waals surface area contributed by atoms with Crippen molar-refractivity contribution in [3.8, 4) is 0 Å². The maximum absolute atomic E-state index is 10.6. The average Bonchev–Trinajstić information content (AvgIpc) is 2.37. The van der Waals surface area contributed by atoms with Crippen LogP contribution in [0.2, 0.25) is 0 Å². The molecule has 1 rings (SSSR count). The standard InChI is InChI=1S/C15H25N3O2/c1-4-5-12-10-13(18-11-17-12)16-9-8-15(2,3)7-6-14(19)20/h10-11H,4-9H2,1-3H3,(H,19,20)(H,16,17,18). The van der Waals surface area contributed by atoms with E-state index in [0.29, 0.717) is 6.42 Å². The number of anilines is 1. The number of hydrogen-bond donors (Lipinski definition) is 2. The summed E-state index contributed by atoms with van der Waals surface area (Å²) in [5.74, 6) is 0.114. The van der Waals surface area contributed by atoms with E-state index in [1.54, 1.807) is 6.33 Å². The highest BCUT2D eigenvalue weighted by atomic mass is 16.4. The van der Waals surface area contributed by atoms with Gasteiger partial charge in [-0.3, -0.25) is 4.79 Å². The molecule has 1 heterocycles. The number of aliphatic carboxylic acids is 1. The van der Waals surface area contributed by atoms with Gasteiger partial charge in [0.15, 0.2) is 0 Å². The molecule has 0 fully saturated rings. The van der Waals surface area contributed by atoms with Gasteiger partial charge in [0.1, 0.15) is 12.1 Å². The van der Waals surface area contributed by atoms with E-state index in [1.165, 1.54) is 0 Å². The Bertz CT molecular complexity index is 433. The van der Waals surface area contributed by atoms with Crippen LogP contribution < -0.4 is 5.32 Å². The summed E-state index contributed by atoms with van der Waals surface area (Å²) in [6, 6.07) is 1.98. The number of carboxylic acid groups (broad SMARTS) is 1. The largest absolute Gasteiger partial charge is 0.481 e. The molecule has 0 aliphatic heterocycles. The zero-order valence-electron chi connectivity index (χ0n) is 12.6. The molecule has 0 bridgehead atoms. The van der Waals surface area contributed by atoms with E-state index in [0.717, 1.165) is 37.3 Å². The van der Waals surface area contributed by atoms with Gasteiger partial charge in [0.25, 0.3) is 0 Å². The number of carbonyl (C=O) groups is 1. The summed E-state index contributed by atoms with van der Waals surface area (Å²) in [5, 5.41) is 12.0. The highest BCUT2D eigenvalue weighted by Crippen LogP contribution is 2.26. The summed E-state index contributed by atoms with van der Waals surface area (Å²) in [5.41, 5.74) is 1.07. The van der Waals surface area contributed by atoms with Gasteiger partial charge in [-0.15, -0.1) is 0 Å². The van der Waals surface area contributed by atoms with Crippen LogP contribution in [-0.4, -0.2) is 27.6 Å². The highest BCUT2D eigenvalue weighted by Gasteiger charge is 2.18. The molecule has 1 aromatic heterocycles. The van der Waals surface area contributed by atoms with Crippen LogP contribution in [0.3, 0.4) is 0 Å². The summed E-state index contributed by atoms with van der Waals surface area (Å²) in [7, 11) is 0. The van der Waals surface area contributed by atoms with E-state index < -0.39 is 5.97 Å². The second-order valence-corrected chi connectivity index (χ2v) is 5.88. The molecular formula is C15H25N3O2. The molecule has 0 aliphatic rings. The van der Waals surface area contributed by atoms with E-state index in [-0.39, 0.29) is 11.8 Å². The van der Waals surface area contributed by atoms with Crippen molar-refractivity contribution in [2.24, 2.45) is 5.41 Å². The molecule has 0 amide bonds. The third-order valence-electron chi connectivity index (χ3n) is 3.35. The number of nitrogens with zero attached hydrogens (tertiary/aromatic N) is 2. The first-order valence-electron chi connectivity index (χ1n) is 7.19. The van der Waals surface area contributed by atoms with Crippen LogP contribution in [0.5, 0.6) is 0 Å². The summed E-state index contributed by atoms with van der Waals surface area (Å²) in [6.07, 6.45) is 5.44. The number of carboxylic acids is 1. The van der Waals surface area contributed by atoms with Gasteiger partial charge in [0.2, 0.25) is 0 Å². The van der Waals surface area contributed by atoms with Gasteiger partial charge in [-0.1, -0.05) is 27.2 Å². The van der Waals surface area contributed by atoms with Crippen molar-refractivity contribution in [2.75, 3.05) is 11.9 Å². The molecule has 0 spiro atoms. The molecule has 5 nitrogen and oxygen atoms in total. The molecule has 20 heavy (non-hydrogen) atoms. The van der Waals surface area contributed by atoms with Crippen molar-refractivity contribution in [2.45, 2.75) is 52.9 Å². The van der Waals surface area contributed by atoms with E-state index in [9.17, 15) is 4.79 Å². The van der Waals surface area contributed by atoms with Gasteiger partial charge in [-0.25, -0.2) is 9.97 Å². The van der Waals surface area contributed by atoms with E-state index in [1.807, 2.05) is 6.07 Å². The summed E-state index contributed by atoms with van der Waals surface area (Å²) in [6.45, 7) is 7.11. The van der Waals surface area contributed by atoms with Crippen LogP contribution in [0.15, 0.2) is 12.4 Å². The van der Waals surface area contributed by atoms with Crippen LogP contribution in [0, 0.1) is 5.41 Å². The Kier molecular flexibility index (Phi) is 6.42. The fraction of sp³-hybridized carbons (Fsp3) is 0.667. The predicted molar refractivity (Wildman–Crippen MR) is 79.8 cm³/mol. The lowest BCUT2D eigenvalue weighted by molar-refractivity contribution is -0.137. The lowest BCUT2D eigenvalue weighted by Gasteiger charge is -2.24. The van der Waals surface area contributed by atoms with Crippen LogP contribution >= 0.6 is 0 Å². The van der Waals surface area contributed by atoms with Crippen molar-refractivity contribution in [1.82, 2.24) is 9.97 Å². The van der Waals surface area contributed by atoms with Crippen LogP contribution in [-0.2, 0) is 11.2 Å². The summed E-state index contributed by atoms with van der Waals surface area (Å²) >= 11 is 0. The minimum absolute atomic E-state index is 0.0185. The highest BCUT2D eigenvalue weighted by molar-refractivity contribution is 5.66. The molecular weight excluding hydrogens is 254 g/mol. The third-order valence-corrected chi connectivity index (χ3v) is 3.35. The fourth-order valence-corrected chi connectivity index (χ4v) is 1.99. The van der Waals surface area contributed by atoms with Gasteiger partial charge in [-0.2, -0.15) is 0 Å². The lowest BCUT2D eigenvalue weighted by atomic mass is 9.84. The van der Waals surface area contributed by atoms with E-state index in [2.05, 4.69) is 36.1 Å². The molecule has 0 saturated heterocycles. The quantitative estimate of drug-likeness (QED) is 0.726. The molecule has 0 radical (unpaired) electrons. The SMILES string of the molecule is CCCc1cc(NCCC(C)(C)CCC(=O)O)ncn1.